The summed E-state index contributed by atoms with van der Waals surface area (Å²) in [6, 6.07) is 10.0. The van der Waals surface area contributed by atoms with Gasteiger partial charge in [-0.3, -0.25) is 4.79 Å². The molecule has 1 aromatic carbocycles. The number of hydrogen-bond acceptors (Lipinski definition) is 6. The van der Waals surface area contributed by atoms with Crippen LogP contribution in [0.15, 0.2) is 47.5 Å². The van der Waals surface area contributed by atoms with Gasteiger partial charge in [-0.15, -0.1) is 0 Å². The zero-order valence-electron chi connectivity index (χ0n) is 19.2. The van der Waals surface area contributed by atoms with Crippen LogP contribution >= 0.6 is 0 Å². The van der Waals surface area contributed by atoms with Gasteiger partial charge in [-0.2, -0.15) is 0 Å². The molecule has 1 amide bonds. The fourth-order valence-electron chi connectivity index (χ4n) is 4.78. The summed E-state index contributed by atoms with van der Waals surface area (Å²) in [4.78, 5) is 22.2. The number of sulfone groups is 1. The van der Waals surface area contributed by atoms with Crippen molar-refractivity contribution in [1.82, 2.24) is 19.6 Å². The van der Waals surface area contributed by atoms with Gasteiger partial charge in [0.05, 0.1) is 22.8 Å². The lowest BCUT2D eigenvalue weighted by Crippen LogP contribution is -2.40. The molecular formula is C24H28N4O5S2. The Hall–Kier alpha value is -2.76. The average Bonchev–Trinajstić information content (AvgIpc) is 3.50. The maximum atomic E-state index is 12.8. The highest BCUT2D eigenvalue weighted by Crippen LogP contribution is 2.29. The van der Waals surface area contributed by atoms with Crippen molar-refractivity contribution in [2.24, 2.45) is 0 Å². The molecule has 2 aliphatic heterocycles. The predicted molar refractivity (Wildman–Crippen MR) is 133 cm³/mol. The monoisotopic (exact) mass is 516 g/mol. The van der Waals surface area contributed by atoms with E-state index in [1.54, 1.807) is 30.5 Å². The molecule has 4 heterocycles. The molecule has 0 aliphatic carbocycles. The highest BCUT2D eigenvalue weighted by atomic mass is 32.2. The number of aromatic nitrogens is 2. The molecule has 186 valence electrons. The molecule has 0 spiro atoms. The van der Waals surface area contributed by atoms with E-state index in [2.05, 4.69) is 14.7 Å². The van der Waals surface area contributed by atoms with E-state index in [9.17, 15) is 21.6 Å². The average molecular weight is 517 g/mol. The molecule has 2 aromatic heterocycles. The number of nitrogens with one attached hydrogen (secondary N) is 2. The number of rotatable bonds is 6. The quantitative estimate of drug-likeness (QED) is 0.517. The second-order valence-corrected chi connectivity index (χ2v) is 13.3. The lowest BCUT2D eigenvalue weighted by molar-refractivity contribution is -0.129. The van der Waals surface area contributed by atoms with Crippen LogP contribution < -0.4 is 4.72 Å². The van der Waals surface area contributed by atoms with Gasteiger partial charge < -0.3 is 9.88 Å². The fraction of sp³-hybridized carbons (Fsp3) is 0.417. The third kappa shape index (κ3) is 5.26. The maximum Gasteiger partial charge on any atom is 0.240 e. The van der Waals surface area contributed by atoms with Crippen LogP contribution in [0.2, 0.25) is 0 Å². The van der Waals surface area contributed by atoms with E-state index in [1.807, 2.05) is 17.0 Å². The molecule has 2 aliphatic rings. The number of nitrogens with zero attached hydrogens (tertiary/aromatic N) is 2. The Morgan fingerprint density at radius 1 is 1.09 bits per heavy atom. The summed E-state index contributed by atoms with van der Waals surface area (Å²) < 4.78 is 51.5. The highest BCUT2D eigenvalue weighted by Gasteiger charge is 2.27. The maximum absolute atomic E-state index is 12.8. The van der Waals surface area contributed by atoms with Crippen molar-refractivity contribution < 1.29 is 21.6 Å². The Labute approximate surface area is 204 Å². The third-order valence-electron chi connectivity index (χ3n) is 6.74. The van der Waals surface area contributed by atoms with Crippen molar-refractivity contribution >= 4 is 36.8 Å². The largest absolute Gasteiger partial charge is 0.343 e. The van der Waals surface area contributed by atoms with Crippen LogP contribution in [0.25, 0.3) is 22.2 Å². The molecule has 0 unspecified atom stereocenters. The van der Waals surface area contributed by atoms with Crippen LogP contribution in [-0.2, 0) is 31.1 Å². The molecule has 0 atom stereocenters. The van der Waals surface area contributed by atoms with E-state index in [-0.39, 0.29) is 41.2 Å². The summed E-state index contributed by atoms with van der Waals surface area (Å²) in [6.45, 7) is 1.62. The minimum absolute atomic E-state index is 0.000548. The summed E-state index contributed by atoms with van der Waals surface area (Å²) in [5, 5.41) is 0.869. The summed E-state index contributed by atoms with van der Waals surface area (Å²) in [7, 11) is -6.82. The number of H-pyrrole nitrogens is 1. The number of likely N-dealkylation sites (tertiary alicyclic amines) is 1. The van der Waals surface area contributed by atoms with Crippen LogP contribution in [0.5, 0.6) is 0 Å². The summed E-state index contributed by atoms with van der Waals surface area (Å²) >= 11 is 0. The van der Waals surface area contributed by atoms with Gasteiger partial charge >= 0.3 is 0 Å². The topological polar surface area (TPSA) is 129 Å². The number of hydrogen-bond donors (Lipinski definition) is 2. The molecule has 9 nitrogen and oxygen atoms in total. The smallest absolute Gasteiger partial charge is 0.240 e. The summed E-state index contributed by atoms with van der Waals surface area (Å²) in [5.41, 5.74) is 3.20. The van der Waals surface area contributed by atoms with Crippen LogP contribution in [0, 0.1) is 0 Å². The van der Waals surface area contributed by atoms with Gasteiger partial charge in [-0.25, -0.2) is 26.5 Å². The van der Waals surface area contributed by atoms with E-state index >= 15 is 0 Å². The molecule has 2 fully saturated rings. The molecule has 2 saturated heterocycles. The minimum Gasteiger partial charge on any atom is -0.343 e. The van der Waals surface area contributed by atoms with Crippen molar-refractivity contribution in [2.45, 2.75) is 43.0 Å². The van der Waals surface area contributed by atoms with Crippen molar-refractivity contribution in [3.63, 3.8) is 0 Å². The van der Waals surface area contributed by atoms with Gasteiger partial charge in [0.15, 0.2) is 0 Å². The standard InChI is InChI=1S/C24H28N4O5S2/c29-23(28-11-1-2-12-28)16-19-15-22-21(7-10-25-24(22)26-19)17-3-5-20(6-4-17)35(32,33)27-18-8-13-34(30,31)14-9-18/h3-7,10,15,18,27H,1-2,8-9,11-14,16H2,(H,25,26). The zero-order valence-corrected chi connectivity index (χ0v) is 20.9. The molecule has 3 aromatic rings. The van der Waals surface area contributed by atoms with Gasteiger partial charge in [0.2, 0.25) is 15.9 Å². The fourth-order valence-corrected chi connectivity index (χ4v) is 7.57. The normalized spacial score (nSPS) is 18.8. The van der Waals surface area contributed by atoms with Crippen molar-refractivity contribution in [3.05, 3.63) is 48.3 Å². The van der Waals surface area contributed by atoms with Crippen LogP contribution in [0.1, 0.15) is 31.4 Å². The van der Waals surface area contributed by atoms with Gasteiger partial charge in [0.25, 0.3) is 0 Å². The van der Waals surface area contributed by atoms with Crippen LogP contribution in [-0.4, -0.2) is 68.2 Å². The Morgan fingerprint density at radius 2 is 1.77 bits per heavy atom. The third-order valence-corrected chi connectivity index (χ3v) is 9.99. The number of carbonyl (C=O) groups is 1. The minimum atomic E-state index is -3.76. The molecular weight excluding hydrogens is 488 g/mol. The Balaban J connectivity index is 1.34. The Morgan fingerprint density at radius 3 is 2.46 bits per heavy atom. The number of carbonyl (C=O) groups excluding carboxylic acids is 1. The first-order valence-electron chi connectivity index (χ1n) is 11.8. The zero-order chi connectivity index (χ0) is 24.6. The van der Waals surface area contributed by atoms with Gasteiger partial charge in [-0.05, 0) is 61.1 Å². The van der Waals surface area contributed by atoms with E-state index < -0.39 is 19.9 Å². The van der Waals surface area contributed by atoms with Gasteiger partial charge in [-0.1, -0.05) is 12.1 Å². The Kier molecular flexibility index (Phi) is 6.41. The predicted octanol–water partition coefficient (Wildman–Crippen LogP) is 2.25. The van der Waals surface area contributed by atoms with Gasteiger partial charge in [0.1, 0.15) is 15.5 Å². The first-order valence-corrected chi connectivity index (χ1v) is 15.1. The number of aromatic amines is 1. The number of amides is 1. The van der Waals surface area contributed by atoms with Crippen molar-refractivity contribution in [2.75, 3.05) is 24.6 Å². The van der Waals surface area contributed by atoms with Crippen LogP contribution in [0.4, 0.5) is 0 Å². The van der Waals surface area contributed by atoms with Crippen molar-refractivity contribution in [1.29, 1.82) is 0 Å². The SMILES string of the molecule is O=C(Cc1cc2c(-c3ccc(S(=O)(=O)NC4CCS(=O)(=O)CC4)cc3)ccnc2[nH]1)N1CCCC1. The molecule has 0 radical (unpaired) electrons. The molecule has 2 N–H and O–H groups in total. The van der Waals surface area contributed by atoms with Crippen molar-refractivity contribution in [3.8, 4) is 11.1 Å². The molecule has 5 rings (SSSR count). The molecule has 0 saturated carbocycles. The molecule has 35 heavy (non-hydrogen) atoms. The first kappa shape index (κ1) is 24.0. The summed E-state index contributed by atoms with van der Waals surface area (Å²) in [6.07, 6.45) is 4.64. The highest BCUT2D eigenvalue weighted by molar-refractivity contribution is 7.91. The van der Waals surface area contributed by atoms with E-state index in [1.165, 1.54) is 0 Å². The number of sulfonamides is 1. The first-order chi connectivity index (χ1) is 16.7. The number of fused-ring (bicyclic) bond motifs is 1. The number of benzene rings is 1. The lowest BCUT2D eigenvalue weighted by atomic mass is 10.0. The summed E-state index contributed by atoms with van der Waals surface area (Å²) in [5.74, 6) is 0.104. The van der Waals surface area contributed by atoms with E-state index in [4.69, 9.17) is 0 Å². The van der Waals surface area contributed by atoms with E-state index in [0.717, 1.165) is 48.1 Å². The van der Waals surface area contributed by atoms with E-state index in [0.29, 0.717) is 12.1 Å². The second-order valence-electron chi connectivity index (χ2n) is 9.25. The number of pyridine rings is 1. The Bertz CT molecular complexity index is 1440. The molecule has 11 heteroatoms. The molecule has 0 bridgehead atoms. The van der Waals surface area contributed by atoms with Crippen LogP contribution in [0.3, 0.4) is 0 Å². The second kappa shape index (κ2) is 9.36. The van der Waals surface area contributed by atoms with Gasteiger partial charge in [0, 0.05) is 36.4 Å². The lowest BCUT2D eigenvalue weighted by Gasteiger charge is -2.22.